The number of carbonyl (C=O) groups excluding carboxylic acids is 2. The molecule has 0 aromatic carbocycles. The Kier molecular flexibility index (Phi) is 3.13. The Morgan fingerprint density at radius 3 is 2.78 bits per heavy atom. The minimum Gasteiger partial charge on any atom is -0.480 e. The number of nitrogens with two attached hydrogens (primary N) is 1. The highest BCUT2D eigenvalue weighted by atomic mass is 35.5. The zero-order chi connectivity index (χ0) is 13.4. The molecule has 2 unspecified atom stereocenters. The van der Waals surface area contributed by atoms with Crippen LogP contribution in [-0.2, 0) is 14.4 Å². The van der Waals surface area contributed by atoms with Crippen molar-refractivity contribution in [3.63, 3.8) is 0 Å². The summed E-state index contributed by atoms with van der Waals surface area (Å²) in [6, 6.07) is 0. The summed E-state index contributed by atoms with van der Waals surface area (Å²) in [5, 5.41) is 8.46. The number of alkyl halides is 1. The van der Waals surface area contributed by atoms with E-state index in [0.29, 0.717) is 17.7 Å². The van der Waals surface area contributed by atoms with Gasteiger partial charge in [-0.3, -0.25) is 14.4 Å². The summed E-state index contributed by atoms with van der Waals surface area (Å²) in [6.07, 6.45) is 3.73. The number of halogens is 1. The number of amides is 2. The molecule has 0 aromatic rings. The number of allylic oxidation sites excluding steroid dienone is 3. The van der Waals surface area contributed by atoms with Crippen LogP contribution in [0.4, 0.5) is 0 Å². The Morgan fingerprint density at radius 2 is 2.22 bits per heavy atom. The van der Waals surface area contributed by atoms with E-state index >= 15 is 0 Å². The summed E-state index contributed by atoms with van der Waals surface area (Å²) in [5.41, 5.74) is 6.04. The van der Waals surface area contributed by atoms with Gasteiger partial charge in [-0.05, 0) is 12.0 Å². The van der Waals surface area contributed by atoms with Gasteiger partial charge >= 0.3 is 5.97 Å². The molecule has 0 radical (unpaired) electrons. The molecule has 1 heterocycles. The molecule has 2 amide bonds. The predicted octanol–water partition coefficient (Wildman–Crippen LogP) is -0.164. The maximum atomic E-state index is 12.0. The topological polar surface area (TPSA) is 101 Å². The van der Waals surface area contributed by atoms with Crippen LogP contribution in [0, 0.1) is 5.92 Å². The highest BCUT2D eigenvalue weighted by molar-refractivity contribution is 6.22. The number of carboxylic acids is 1. The van der Waals surface area contributed by atoms with Gasteiger partial charge in [-0.1, -0.05) is 12.2 Å². The quantitative estimate of drug-likeness (QED) is 0.549. The third-order valence-corrected chi connectivity index (χ3v) is 3.19. The van der Waals surface area contributed by atoms with Gasteiger partial charge < -0.3 is 15.7 Å². The van der Waals surface area contributed by atoms with Gasteiger partial charge in [0.05, 0.1) is 5.38 Å². The van der Waals surface area contributed by atoms with Crippen LogP contribution in [0.2, 0.25) is 0 Å². The summed E-state index contributed by atoms with van der Waals surface area (Å²) >= 11 is 5.94. The molecule has 1 aliphatic heterocycles. The van der Waals surface area contributed by atoms with Crippen molar-refractivity contribution in [2.24, 2.45) is 11.7 Å². The molecule has 96 valence electrons. The van der Waals surface area contributed by atoms with Crippen LogP contribution in [0.3, 0.4) is 0 Å². The van der Waals surface area contributed by atoms with E-state index in [-0.39, 0.29) is 5.38 Å². The molecule has 6 nitrogen and oxygen atoms in total. The molecule has 1 fully saturated rings. The van der Waals surface area contributed by atoms with Gasteiger partial charge in [0.15, 0.2) is 0 Å². The molecule has 0 saturated carbocycles. The number of hydrogen-bond donors (Lipinski definition) is 2. The number of likely N-dealkylation sites (tertiary alicyclic amines) is 1. The van der Waals surface area contributed by atoms with Crippen LogP contribution in [-0.4, -0.2) is 39.7 Å². The number of aliphatic carboxylic acids is 1. The molecule has 2 rings (SSSR count). The molecule has 0 spiro atoms. The Hall–Kier alpha value is -1.82. The van der Waals surface area contributed by atoms with Crippen LogP contribution >= 0.6 is 11.6 Å². The van der Waals surface area contributed by atoms with Crippen LogP contribution in [0.5, 0.6) is 0 Å². The molecule has 2 aliphatic rings. The Morgan fingerprint density at radius 1 is 1.56 bits per heavy atom. The second kappa shape index (κ2) is 4.45. The first-order valence-electron chi connectivity index (χ1n) is 5.30. The Bertz CT molecular complexity index is 497. The maximum absolute atomic E-state index is 12.0. The summed E-state index contributed by atoms with van der Waals surface area (Å²) in [6.45, 7) is -0.487. The van der Waals surface area contributed by atoms with Gasteiger partial charge in [0.25, 0.3) is 0 Å². The molecular formula is C11H11ClN2O4. The standard InChI is InChI=1S/C11H11ClN2O4/c12-5-1-2-7-6(3-5)9(10(13)17)11(18)14(7)4-8(15)16/h2-3,5,9H,1,4H2,(H2,13,17)(H,15,16). The smallest absolute Gasteiger partial charge is 0.323 e. The molecular weight excluding hydrogens is 260 g/mol. The third-order valence-electron chi connectivity index (χ3n) is 2.89. The van der Waals surface area contributed by atoms with Gasteiger partial charge in [0.1, 0.15) is 12.5 Å². The second-order valence-corrected chi connectivity index (χ2v) is 4.68. The molecule has 3 N–H and O–H groups in total. The lowest BCUT2D eigenvalue weighted by atomic mass is 9.94. The average molecular weight is 271 g/mol. The van der Waals surface area contributed by atoms with Crippen molar-refractivity contribution in [3.05, 3.63) is 23.4 Å². The summed E-state index contributed by atoms with van der Waals surface area (Å²) < 4.78 is 0. The monoisotopic (exact) mass is 270 g/mol. The van der Waals surface area contributed by atoms with E-state index in [9.17, 15) is 14.4 Å². The van der Waals surface area contributed by atoms with Gasteiger partial charge in [-0.25, -0.2) is 0 Å². The van der Waals surface area contributed by atoms with E-state index in [1.807, 2.05) is 0 Å². The van der Waals surface area contributed by atoms with Crippen LogP contribution in [0.1, 0.15) is 6.42 Å². The first kappa shape index (κ1) is 12.6. The van der Waals surface area contributed by atoms with Crippen LogP contribution < -0.4 is 5.73 Å². The Balaban J connectivity index is 2.43. The lowest BCUT2D eigenvalue weighted by Gasteiger charge is -2.18. The fraction of sp³-hybridized carbons (Fsp3) is 0.364. The van der Waals surface area contributed by atoms with Gasteiger partial charge in [0, 0.05) is 5.70 Å². The van der Waals surface area contributed by atoms with Crippen molar-refractivity contribution in [1.29, 1.82) is 0 Å². The number of rotatable bonds is 3. The minimum absolute atomic E-state index is 0.317. The third kappa shape index (κ3) is 1.99. The summed E-state index contributed by atoms with van der Waals surface area (Å²) in [4.78, 5) is 35.1. The first-order valence-corrected chi connectivity index (χ1v) is 5.74. The first-order chi connectivity index (χ1) is 8.41. The van der Waals surface area contributed by atoms with Crippen molar-refractivity contribution in [2.75, 3.05) is 6.54 Å². The summed E-state index contributed by atoms with van der Waals surface area (Å²) in [7, 11) is 0. The molecule has 0 bridgehead atoms. The van der Waals surface area contributed by atoms with Gasteiger partial charge in [0.2, 0.25) is 11.8 Å². The van der Waals surface area contributed by atoms with Crippen molar-refractivity contribution < 1.29 is 19.5 Å². The van der Waals surface area contributed by atoms with Crippen LogP contribution in [0.15, 0.2) is 23.4 Å². The van der Waals surface area contributed by atoms with Gasteiger partial charge in [-0.2, -0.15) is 0 Å². The SMILES string of the molecule is NC(=O)C1C(=O)N(CC(=O)O)C2=CCC(Cl)C=C21. The second-order valence-electron chi connectivity index (χ2n) is 4.12. The molecule has 1 aliphatic carbocycles. The predicted molar refractivity (Wildman–Crippen MR) is 62.5 cm³/mol. The molecule has 7 heteroatoms. The highest BCUT2D eigenvalue weighted by Gasteiger charge is 2.45. The fourth-order valence-corrected chi connectivity index (χ4v) is 2.41. The zero-order valence-corrected chi connectivity index (χ0v) is 10.1. The molecule has 2 atom stereocenters. The maximum Gasteiger partial charge on any atom is 0.323 e. The number of carbonyl (C=O) groups is 3. The van der Waals surface area contributed by atoms with E-state index in [4.69, 9.17) is 22.4 Å². The lowest BCUT2D eigenvalue weighted by Crippen LogP contribution is -2.35. The molecule has 0 aromatic heterocycles. The largest absolute Gasteiger partial charge is 0.480 e. The van der Waals surface area contributed by atoms with E-state index < -0.39 is 30.2 Å². The number of carboxylic acid groups (broad SMARTS) is 1. The Labute approximate surface area is 108 Å². The summed E-state index contributed by atoms with van der Waals surface area (Å²) in [5.74, 6) is -3.68. The number of fused-ring (bicyclic) bond motifs is 1. The number of primary amides is 1. The number of nitrogens with zero attached hydrogens (tertiary/aromatic N) is 1. The minimum atomic E-state index is -1.15. The van der Waals surface area contributed by atoms with Crippen molar-refractivity contribution in [1.82, 2.24) is 4.90 Å². The fourth-order valence-electron chi connectivity index (χ4n) is 2.18. The lowest BCUT2D eigenvalue weighted by molar-refractivity contribution is -0.144. The van der Waals surface area contributed by atoms with E-state index in [1.54, 1.807) is 12.2 Å². The number of hydrogen-bond acceptors (Lipinski definition) is 3. The average Bonchev–Trinajstić information content (AvgIpc) is 2.50. The van der Waals surface area contributed by atoms with E-state index in [2.05, 4.69) is 0 Å². The van der Waals surface area contributed by atoms with Crippen LogP contribution in [0.25, 0.3) is 0 Å². The van der Waals surface area contributed by atoms with Crippen molar-refractivity contribution in [2.45, 2.75) is 11.8 Å². The molecule has 18 heavy (non-hydrogen) atoms. The highest BCUT2D eigenvalue weighted by Crippen LogP contribution is 2.37. The van der Waals surface area contributed by atoms with Gasteiger partial charge in [-0.15, -0.1) is 11.6 Å². The van der Waals surface area contributed by atoms with Crippen molar-refractivity contribution >= 4 is 29.4 Å². The normalized spacial score (nSPS) is 26.5. The van der Waals surface area contributed by atoms with E-state index in [1.165, 1.54) is 0 Å². The van der Waals surface area contributed by atoms with Crippen molar-refractivity contribution in [3.8, 4) is 0 Å². The van der Waals surface area contributed by atoms with E-state index in [0.717, 1.165) is 4.90 Å². The zero-order valence-electron chi connectivity index (χ0n) is 9.30. The molecule has 1 saturated heterocycles.